The van der Waals surface area contributed by atoms with Gasteiger partial charge >= 0.3 is 12.2 Å². The third-order valence-electron chi connectivity index (χ3n) is 10.4. The maximum atomic E-state index is 15.8. The van der Waals surface area contributed by atoms with Crippen molar-refractivity contribution in [3.63, 3.8) is 0 Å². The highest BCUT2D eigenvalue weighted by Gasteiger charge is 2.40. The van der Waals surface area contributed by atoms with Crippen LogP contribution in [0.2, 0.25) is 5.15 Å². The van der Waals surface area contributed by atoms with Crippen molar-refractivity contribution >= 4 is 47.4 Å². The van der Waals surface area contributed by atoms with Crippen LogP contribution < -0.4 is 10.6 Å². The summed E-state index contributed by atoms with van der Waals surface area (Å²) in [4.78, 5) is 69.9. The molecule has 2 aliphatic rings. The number of methoxy groups -OCH3 is 2. The first-order chi connectivity index (χ1) is 26.8. The molecule has 2 aromatic heterocycles. The molecule has 0 spiro atoms. The Bertz CT molecular complexity index is 2080. The molecule has 56 heavy (non-hydrogen) atoms. The first-order valence-corrected chi connectivity index (χ1v) is 20.0. The van der Waals surface area contributed by atoms with Gasteiger partial charge in [-0.3, -0.25) is 9.59 Å². The van der Waals surface area contributed by atoms with Crippen molar-refractivity contribution in [1.82, 2.24) is 40.4 Å². The number of carbonyl (C=O) groups is 4. The first-order valence-electron chi connectivity index (χ1n) is 18.4. The van der Waals surface area contributed by atoms with E-state index in [1.165, 1.54) is 20.3 Å². The summed E-state index contributed by atoms with van der Waals surface area (Å²) in [6.07, 6.45) is 4.47. The van der Waals surface area contributed by atoms with Gasteiger partial charge in [-0.2, -0.15) is 11.8 Å². The molecule has 2 saturated heterocycles. The summed E-state index contributed by atoms with van der Waals surface area (Å²) >= 11 is 8.30. The van der Waals surface area contributed by atoms with E-state index < -0.39 is 36.1 Å². The number of alkyl carbamates (subject to hydrolysis) is 2. The monoisotopic (exact) mass is 808 g/mol. The third-order valence-corrected chi connectivity index (χ3v) is 11.6. The molecular weight excluding hydrogens is 763 g/mol. The molecule has 14 nitrogen and oxygen atoms in total. The van der Waals surface area contributed by atoms with Crippen LogP contribution in [0.25, 0.3) is 33.6 Å². The number of rotatable bonds is 11. The zero-order valence-corrected chi connectivity index (χ0v) is 33.6. The number of aromatic nitrogens is 4. The highest BCUT2D eigenvalue weighted by atomic mass is 35.5. The van der Waals surface area contributed by atoms with Crippen molar-refractivity contribution in [2.24, 2.45) is 5.92 Å². The molecule has 0 bridgehead atoms. The molecule has 0 radical (unpaired) electrons. The number of nitrogens with one attached hydrogen (secondary N) is 4. The Labute approximate surface area is 333 Å². The standard InChI is InChI=1S/C39H46ClFN8O6S/c1-20(2)31(46-39(53)55-5)37(51)48-15-7-8-29(48)35-45-32(33(40)47-35)24-13-14-26(27(41)16-24)22-9-11-23(12-10-22)28-18-42-34(44-28)30-17-25(56-6)19-49(30)36(50)21(3)43-38(52)54-4/h9-14,16,18,20-21,25,29-31H,7-8,15,17,19H2,1-6H3,(H,42,44)(H,43,52)(H,45,47)(H,46,53). The summed E-state index contributed by atoms with van der Waals surface area (Å²) in [5.41, 5.74) is 3.47. The summed E-state index contributed by atoms with van der Waals surface area (Å²) in [6, 6.07) is 10.00. The topological polar surface area (TPSA) is 175 Å². The normalized spacial score (nSPS) is 19.2. The number of halogens is 2. The van der Waals surface area contributed by atoms with Crippen LogP contribution in [0.3, 0.4) is 0 Å². The summed E-state index contributed by atoms with van der Waals surface area (Å²) in [6.45, 7) is 6.34. The van der Waals surface area contributed by atoms with E-state index in [9.17, 15) is 19.2 Å². The number of nitrogens with zero attached hydrogens (tertiary/aromatic N) is 4. The second-order valence-corrected chi connectivity index (χ2v) is 15.8. The molecule has 4 N–H and O–H groups in total. The summed E-state index contributed by atoms with van der Waals surface area (Å²) < 4.78 is 25.2. The number of hydrogen-bond acceptors (Lipinski definition) is 9. The van der Waals surface area contributed by atoms with Gasteiger partial charge in [0.05, 0.1) is 38.2 Å². The van der Waals surface area contributed by atoms with Gasteiger partial charge in [-0.1, -0.05) is 61.8 Å². The first kappa shape index (κ1) is 40.6. The average molecular weight is 809 g/mol. The van der Waals surface area contributed by atoms with E-state index >= 15 is 4.39 Å². The van der Waals surface area contributed by atoms with Crippen LogP contribution in [0.1, 0.15) is 63.8 Å². The van der Waals surface area contributed by atoms with Crippen molar-refractivity contribution in [2.45, 2.75) is 69.5 Å². The minimum Gasteiger partial charge on any atom is -0.453 e. The Kier molecular flexibility index (Phi) is 12.6. The molecule has 0 aliphatic carbocycles. The zero-order chi connectivity index (χ0) is 40.3. The predicted molar refractivity (Wildman–Crippen MR) is 211 cm³/mol. The minimum atomic E-state index is -0.776. The lowest BCUT2D eigenvalue weighted by Gasteiger charge is -2.29. The van der Waals surface area contributed by atoms with Gasteiger partial charge in [0.1, 0.15) is 40.4 Å². The quantitative estimate of drug-likeness (QED) is 0.128. The molecule has 298 valence electrons. The van der Waals surface area contributed by atoms with Crippen LogP contribution >= 0.6 is 23.4 Å². The lowest BCUT2D eigenvalue weighted by molar-refractivity contribution is -0.135. The Balaban J connectivity index is 1.16. The van der Waals surface area contributed by atoms with Gasteiger partial charge < -0.3 is 39.9 Å². The van der Waals surface area contributed by atoms with Gasteiger partial charge in [0.25, 0.3) is 0 Å². The van der Waals surface area contributed by atoms with Crippen molar-refractivity contribution < 1.29 is 33.0 Å². The zero-order valence-electron chi connectivity index (χ0n) is 32.0. The number of imidazole rings is 2. The van der Waals surface area contributed by atoms with Crippen LogP contribution in [0, 0.1) is 11.7 Å². The van der Waals surface area contributed by atoms with E-state index in [4.69, 9.17) is 21.3 Å². The van der Waals surface area contributed by atoms with E-state index in [-0.39, 0.29) is 34.2 Å². The van der Waals surface area contributed by atoms with Crippen molar-refractivity contribution in [1.29, 1.82) is 0 Å². The smallest absolute Gasteiger partial charge is 0.407 e. The molecule has 2 aromatic carbocycles. The Hall–Kier alpha value is -5.09. The fraction of sp³-hybridized carbons (Fsp3) is 0.436. The highest BCUT2D eigenvalue weighted by molar-refractivity contribution is 7.99. The van der Waals surface area contributed by atoms with E-state index in [2.05, 4.69) is 30.3 Å². The van der Waals surface area contributed by atoms with Gasteiger partial charge in [-0.25, -0.2) is 23.9 Å². The summed E-state index contributed by atoms with van der Waals surface area (Å²) in [5.74, 6) is 0.0260. The van der Waals surface area contributed by atoms with Crippen LogP contribution in [-0.2, 0) is 19.1 Å². The number of amides is 4. The molecular formula is C39H46ClFN8O6S. The Morgan fingerprint density at radius 3 is 2.25 bits per heavy atom. The molecule has 17 heteroatoms. The molecule has 0 saturated carbocycles. The predicted octanol–water partition coefficient (Wildman–Crippen LogP) is 6.72. The van der Waals surface area contributed by atoms with Gasteiger partial charge in [0, 0.05) is 29.5 Å². The molecule has 6 rings (SSSR count). The molecule has 4 aromatic rings. The maximum Gasteiger partial charge on any atom is 0.407 e. The number of benzene rings is 2. The van der Waals surface area contributed by atoms with Gasteiger partial charge in [-0.15, -0.1) is 0 Å². The number of likely N-dealkylation sites (tertiary alicyclic amines) is 2. The summed E-state index contributed by atoms with van der Waals surface area (Å²) in [5, 5.41) is 5.63. The molecule has 5 atom stereocenters. The van der Waals surface area contributed by atoms with Crippen LogP contribution in [-0.4, -0.2) is 105 Å². The van der Waals surface area contributed by atoms with Crippen LogP contribution in [0.5, 0.6) is 0 Å². The van der Waals surface area contributed by atoms with E-state index in [0.29, 0.717) is 60.0 Å². The van der Waals surface area contributed by atoms with Crippen LogP contribution in [0.15, 0.2) is 48.7 Å². The number of aromatic amines is 2. The Morgan fingerprint density at radius 2 is 1.59 bits per heavy atom. The second-order valence-electron chi connectivity index (χ2n) is 14.2. The average Bonchev–Trinajstić information content (AvgIpc) is 4.02. The van der Waals surface area contributed by atoms with E-state index in [1.807, 2.05) is 44.4 Å². The van der Waals surface area contributed by atoms with Gasteiger partial charge in [0.2, 0.25) is 11.8 Å². The number of thioether (sulfide) groups is 1. The van der Waals surface area contributed by atoms with Crippen molar-refractivity contribution in [3.8, 4) is 33.6 Å². The Morgan fingerprint density at radius 1 is 0.911 bits per heavy atom. The van der Waals surface area contributed by atoms with Crippen LogP contribution in [0.4, 0.5) is 14.0 Å². The van der Waals surface area contributed by atoms with Crippen molar-refractivity contribution in [3.05, 3.63) is 71.3 Å². The number of carbonyl (C=O) groups excluding carboxylic acids is 4. The highest BCUT2D eigenvalue weighted by Crippen LogP contribution is 2.38. The van der Waals surface area contributed by atoms with Crippen molar-refractivity contribution in [2.75, 3.05) is 33.6 Å². The van der Waals surface area contributed by atoms with Gasteiger partial charge in [0.15, 0.2) is 0 Å². The molecule has 2 fully saturated rings. The summed E-state index contributed by atoms with van der Waals surface area (Å²) in [7, 11) is 2.50. The fourth-order valence-corrected chi connectivity index (χ4v) is 8.24. The lowest BCUT2D eigenvalue weighted by atomic mass is 10.0. The second kappa shape index (κ2) is 17.4. The third kappa shape index (κ3) is 8.50. The largest absolute Gasteiger partial charge is 0.453 e. The molecule has 5 unspecified atom stereocenters. The molecule has 2 aliphatic heterocycles. The number of H-pyrrole nitrogens is 2. The van der Waals surface area contributed by atoms with Gasteiger partial charge in [-0.05, 0) is 55.6 Å². The van der Waals surface area contributed by atoms with E-state index in [0.717, 1.165) is 17.7 Å². The minimum absolute atomic E-state index is 0.178. The van der Waals surface area contributed by atoms with E-state index in [1.54, 1.807) is 46.8 Å². The lowest BCUT2D eigenvalue weighted by Crippen LogP contribution is -2.51. The molecule has 4 heterocycles. The number of hydrogen-bond donors (Lipinski definition) is 4. The SMILES string of the molecule is COC(=O)NC(C)C(=O)N1CC(SC)CC1c1ncc(-c2ccc(-c3ccc(-c4nc(C5CCCN5C(=O)C(NC(=O)OC)C(C)C)[nH]c4Cl)cc3F)cc2)[nH]1. The molecule has 4 amide bonds. The number of ether oxygens (including phenoxy) is 2. The fourth-order valence-electron chi connectivity index (χ4n) is 7.31. The maximum absolute atomic E-state index is 15.8.